The number of hydrogen-bond acceptors (Lipinski definition) is 1. The normalized spacial score (nSPS) is 11.3. The molecule has 0 fully saturated rings. The van der Waals surface area contributed by atoms with Crippen molar-refractivity contribution in [2.75, 3.05) is 4.90 Å². The molecule has 9 aromatic carbocycles. The van der Waals surface area contributed by atoms with Crippen LogP contribution in [0.3, 0.4) is 0 Å². The molecule has 9 rings (SSSR count). The van der Waals surface area contributed by atoms with Crippen LogP contribution in [0.1, 0.15) is 0 Å². The minimum Gasteiger partial charge on any atom is -0.309 e. The summed E-state index contributed by atoms with van der Waals surface area (Å²) in [5.41, 5.74) is 10.7. The lowest BCUT2D eigenvalue weighted by atomic mass is 9.89. The molecule has 1 nitrogen and oxygen atoms in total. The van der Waals surface area contributed by atoms with Crippen LogP contribution < -0.4 is 4.90 Å². The van der Waals surface area contributed by atoms with Crippen molar-refractivity contribution < 1.29 is 0 Å². The summed E-state index contributed by atoms with van der Waals surface area (Å²) in [6, 6.07) is 72.5. The van der Waals surface area contributed by atoms with Gasteiger partial charge in [-0.15, -0.1) is 0 Å². The molecule has 0 unspecified atom stereocenters. The number of anilines is 3. The number of hydrogen-bond donors (Lipinski definition) is 0. The van der Waals surface area contributed by atoms with Crippen LogP contribution >= 0.6 is 0 Å². The van der Waals surface area contributed by atoms with E-state index in [0.717, 1.165) is 11.4 Å². The maximum Gasteiger partial charge on any atom is 0.0618 e. The third-order valence-corrected chi connectivity index (χ3v) is 9.63. The van der Waals surface area contributed by atoms with Gasteiger partial charge in [-0.3, -0.25) is 0 Å². The van der Waals surface area contributed by atoms with Gasteiger partial charge < -0.3 is 4.90 Å². The minimum absolute atomic E-state index is 1.11. The zero-order valence-corrected chi connectivity index (χ0v) is 27.0. The quantitative estimate of drug-likeness (QED) is 0.167. The lowest BCUT2D eigenvalue weighted by Crippen LogP contribution is -2.11. The zero-order valence-electron chi connectivity index (χ0n) is 27.0. The molecular formula is C48H33N. The average Bonchev–Trinajstić information content (AvgIpc) is 3.19. The SMILES string of the molecule is c1ccc(-c2ccc(N(c3ccc(-c4ccccc4)cc3)c3c4ccccc4c(-c4ccc5ccccc5c4)c4ccccc34)cc2)cc1. The van der Waals surface area contributed by atoms with Crippen LogP contribution in [0, 0.1) is 0 Å². The van der Waals surface area contributed by atoms with E-state index in [2.05, 4.69) is 205 Å². The van der Waals surface area contributed by atoms with Crippen LogP contribution in [0.5, 0.6) is 0 Å². The topological polar surface area (TPSA) is 3.24 Å². The Morgan fingerprint density at radius 3 is 1.16 bits per heavy atom. The summed E-state index contributed by atoms with van der Waals surface area (Å²) in [5.74, 6) is 0. The average molecular weight is 624 g/mol. The lowest BCUT2D eigenvalue weighted by molar-refractivity contribution is 1.31. The van der Waals surface area contributed by atoms with Crippen molar-refractivity contribution in [3.05, 3.63) is 200 Å². The van der Waals surface area contributed by atoms with E-state index in [1.54, 1.807) is 0 Å². The lowest BCUT2D eigenvalue weighted by Gasteiger charge is -2.30. The Kier molecular flexibility index (Phi) is 7.22. The molecule has 0 heterocycles. The fourth-order valence-electron chi connectivity index (χ4n) is 7.28. The van der Waals surface area contributed by atoms with E-state index in [4.69, 9.17) is 0 Å². The highest BCUT2D eigenvalue weighted by atomic mass is 15.1. The maximum atomic E-state index is 2.44. The molecule has 0 radical (unpaired) electrons. The van der Waals surface area contributed by atoms with Crippen molar-refractivity contribution in [1.29, 1.82) is 0 Å². The van der Waals surface area contributed by atoms with Crippen molar-refractivity contribution in [3.63, 3.8) is 0 Å². The van der Waals surface area contributed by atoms with Gasteiger partial charge in [0.05, 0.1) is 5.69 Å². The number of nitrogens with zero attached hydrogens (tertiary/aromatic N) is 1. The summed E-state index contributed by atoms with van der Waals surface area (Å²) in [6.07, 6.45) is 0. The van der Waals surface area contributed by atoms with Crippen LogP contribution in [0.4, 0.5) is 17.1 Å². The Hall–Kier alpha value is -6.44. The summed E-state index contributed by atoms with van der Waals surface area (Å²) in [6.45, 7) is 0. The van der Waals surface area contributed by atoms with Gasteiger partial charge in [-0.25, -0.2) is 0 Å². The van der Waals surface area contributed by atoms with E-state index in [0.29, 0.717) is 0 Å². The molecule has 0 spiro atoms. The summed E-state index contributed by atoms with van der Waals surface area (Å²) in [7, 11) is 0. The van der Waals surface area contributed by atoms with Gasteiger partial charge in [0.25, 0.3) is 0 Å². The molecule has 0 aliphatic heterocycles. The highest BCUT2D eigenvalue weighted by Gasteiger charge is 2.22. The van der Waals surface area contributed by atoms with E-state index in [1.165, 1.54) is 71.4 Å². The first-order valence-corrected chi connectivity index (χ1v) is 16.9. The molecule has 0 saturated heterocycles. The van der Waals surface area contributed by atoms with E-state index >= 15 is 0 Å². The molecule has 230 valence electrons. The molecule has 0 bridgehead atoms. The predicted octanol–water partition coefficient (Wildman–Crippen LogP) is 13.6. The highest BCUT2D eigenvalue weighted by molar-refractivity contribution is 6.22. The van der Waals surface area contributed by atoms with Gasteiger partial charge in [-0.2, -0.15) is 0 Å². The van der Waals surface area contributed by atoms with Crippen LogP contribution in [-0.4, -0.2) is 0 Å². The standard InChI is InChI=1S/C48H33N/c1-3-13-34(14-4-1)37-25-29-41(30-26-37)49(42-31-27-38(28-32-42)35-15-5-2-6-16-35)48-45-21-11-9-19-43(45)47(44-20-10-12-22-46(44)48)40-24-23-36-17-7-8-18-39(36)33-40/h1-33H. The first-order chi connectivity index (χ1) is 24.3. The van der Waals surface area contributed by atoms with E-state index < -0.39 is 0 Å². The molecule has 9 aromatic rings. The minimum atomic E-state index is 1.11. The van der Waals surface area contributed by atoms with E-state index in [9.17, 15) is 0 Å². The largest absolute Gasteiger partial charge is 0.309 e. The summed E-state index contributed by atoms with van der Waals surface area (Å²) < 4.78 is 0. The van der Waals surface area contributed by atoms with Gasteiger partial charge in [0, 0.05) is 22.1 Å². The van der Waals surface area contributed by atoms with Gasteiger partial charge in [0.15, 0.2) is 0 Å². The van der Waals surface area contributed by atoms with E-state index in [1.807, 2.05) is 0 Å². The Morgan fingerprint density at radius 1 is 0.265 bits per heavy atom. The van der Waals surface area contributed by atoms with Crippen LogP contribution in [0.2, 0.25) is 0 Å². The first kappa shape index (κ1) is 28.8. The number of benzene rings is 9. The Labute approximate surface area is 287 Å². The Balaban J connectivity index is 1.30. The van der Waals surface area contributed by atoms with Crippen molar-refractivity contribution in [1.82, 2.24) is 0 Å². The molecular weight excluding hydrogens is 591 g/mol. The predicted molar refractivity (Wildman–Crippen MR) is 210 cm³/mol. The van der Waals surface area contributed by atoms with Gasteiger partial charge in [-0.1, -0.05) is 170 Å². The summed E-state index contributed by atoms with van der Waals surface area (Å²) in [4.78, 5) is 2.44. The summed E-state index contributed by atoms with van der Waals surface area (Å²) in [5, 5.41) is 7.39. The number of rotatable bonds is 6. The number of fused-ring (bicyclic) bond motifs is 3. The molecule has 49 heavy (non-hydrogen) atoms. The van der Waals surface area contributed by atoms with Crippen LogP contribution in [0.15, 0.2) is 200 Å². The molecule has 0 aromatic heterocycles. The smallest absolute Gasteiger partial charge is 0.0618 e. The Morgan fingerprint density at radius 2 is 0.653 bits per heavy atom. The fourth-order valence-corrected chi connectivity index (χ4v) is 7.28. The van der Waals surface area contributed by atoms with Crippen LogP contribution in [-0.2, 0) is 0 Å². The monoisotopic (exact) mass is 623 g/mol. The second kappa shape index (κ2) is 12.3. The molecule has 0 saturated carbocycles. The zero-order chi connectivity index (χ0) is 32.6. The molecule has 0 amide bonds. The second-order valence-electron chi connectivity index (χ2n) is 12.5. The molecule has 1 heteroatoms. The van der Waals surface area contributed by atoms with Gasteiger partial charge >= 0.3 is 0 Å². The summed E-state index contributed by atoms with van der Waals surface area (Å²) >= 11 is 0. The van der Waals surface area contributed by atoms with Gasteiger partial charge in [0.2, 0.25) is 0 Å². The molecule has 0 atom stereocenters. The second-order valence-corrected chi connectivity index (χ2v) is 12.5. The maximum absolute atomic E-state index is 2.44. The van der Waals surface area contributed by atoms with Crippen molar-refractivity contribution in [2.45, 2.75) is 0 Å². The van der Waals surface area contributed by atoms with Crippen molar-refractivity contribution >= 4 is 49.4 Å². The van der Waals surface area contributed by atoms with E-state index in [-0.39, 0.29) is 0 Å². The molecule has 0 aliphatic carbocycles. The van der Waals surface area contributed by atoms with Crippen molar-refractivity contribution in [2.24, 2.45) is 0 Å². The molecule has 0 aliphatic rings. The first-order valence-electron chi connectivity index (χ1n) is 16.9. The third-order valence-electron chi connectivity index (χ3n) is 9.63. The van der Waals surface area contributed by atoms with Crippen LogP contribution in [0.25, 0.3) is 65.7 Å². The molecule has 0 N–H and O–H groups in total. The van der Waals surface area contributed by atoms with Gasteiger partial charge in [-0.05, 0) is 85.3 Å². The van der Waals surface area contributed by atoms with Gasteiger partial charge in [0.1, 0.15) is 0 Å². The van der Waals surface area contributed by atoms with Crippen molar-refractivity contribution in [3.8, 4) is 33.4 Å². The highest BCUT2D eigenvalue weighted by Crippen LogP contribution is 2.48. The fraction of sp³-hybridized carbons (Fsp3) is 0. The third kappa shape index (κ3) is 5.23. The Bertz CT molecular complexity index is 2430.